The maximum absolute atomic E-state index is 13.0. The summed E-state index contributed by atoms with van der Waals surface area (Å²) in [7, 11) is 1.86. The lowest BCUT2D eigenvalue weighted by atomic mass is 9.77. The average molecular weight is 365 g/mol. The lowest BCUT2D eigenvalue weighted by molar-refractivity contribution is -0.126. The summed E-state index contributed by atoms with van der Waals surface area (Å²) in [5, 5.41) is 0. The third-order valence-electron chi connectivity index (χ3n) is 5.77. The standard InChI is InChI=1S/C20H23N5O2/c1-14-16(12-22-18(23-14)15-4-3-7-21-11-15)19(27)25-8-5-20(6-9-25)10-17(26)24(2)13-20/h3-4,7,11-12H,5-6,8-10,13H2,1-2H3. The van der Waals surface area contributed by atoms with Crippen molar-refractivity contribution >= 4 is 11.8 Å². The first-order chi connectivity index (χ1) is 13.0. The highest BCUT2D eigenvalue weighted by Gasteiger charge is 2.44. The van der Waals surface area contributed by atoms with E-state index >= 15 is 0 Å². The predicted molar refractivity (Wildman–Crippen MR) is 99.8 cm³/mol. The number of carbonyl (C=O) groups excluding carboxylic acids is 2. The van der Waals surface area contributed by atoms with Crippen molar-refractivity contribution in [3.63, 3.8) is 0 Å². The van der Waals surface area contributed by atoms with Gasteiger partial charge in [-0.05, 0) is 31.9 Å². The van der Waals surface area contributed by atoms with Gasteiger partial charge in [-0.1, -0.05) is 0 Å². The van der Waals surface area contributed by atoms with Crippen LogP contribution >= 0.6 is 0 Å². The largest absolute Gasteiger partial charge is 0.345 e. The summed E-state index contributed by atoms with van der Waals surface area (Å²) in [5.74, 6) is 0.755. The van der Waals surface area contributed by atoms with Crippen LogP contribution in [0.4, 0.5) is 0 Å². The van der Waals surface area contributed by atoms with E-state index in [1.807, 2.05) is 35.9 Å². The van der Waals surface area contributed by atoms with Crippen molar-refractivity contribution in [2.75, 3.05) is 26.7 Å². The van der Waals surface area contributed by atoms with Gasteiger partial charge in [0.2, 0.25) is 5.91 Å². The average Bonchev–Trinajstić information content (AvgIpc) is 2.95. The summed E-state index contributed by atoms with van der Waals surface area (Å²) in [4.78, 5) is 41.5. The molecule has 140 valence electrons. The van der Waals surface area contributed by atoms with E-state index in [-0.39, 0.29) is 17.2 Å². The van der Waals surface area contributed by atoms with Crippen molar-refractivity contribution < 1.29 is 9.59 Å². The van der Waals surface area contributed by atoms with Gasteiger partial charge in [0, 0.05) is 62.7 Å². The number of aromatic nitrogens is 3. The van der Waals surface area contributed by atoms with Crippen molar-refractivity contribution in [2.45, 2.75) is 26.2 Å². The molecular weight excluding hydrogens is 342 g/mol. The smallest absolute Gasteiger partial charge is 0.257 e. The summed E-state index contributed by atoms with van der Waals surface area (Å²) in [6.45, 7) is 3.98. The van der Waals surface area contributed by atoms with Crippen LogP contribution in [0, 0.1) is 12.3 Å². The Labute approximate surface area is 158 Å². The van der Waals surface area contributed by atoms with E-state index in [2.05, 4.69) is 15.0 Å². The van der Waals surface area contributed by atoms with Gasteiger partial charge in [-0.25, -0.2) is 9.97 Å². The lowest BCUT2D eigenvalue weighted by Gasteiger charge is -2.38. The number of rotatable bonds is 2. The maximum Gasteiger partial charge on any atom is 0.257 e. The molecule has 0 radical (unpaired) electrons. The van der Waals surface area contributed by atoms with Gasteiger partial charge in [-0.2, -0.15) is 0 Å². The Hall–Kier alpha value is -2.83. The number of hydrogen-bond donors (Lipinski definition) is 0. The van der Waals surface area contributed by atoms with Crippen molar-refractivity contribution in [2.24, 2.45) is 5.41 Å². The van der Waals surface area contributed by atoms with Gasteiger partial charge in [0.15, 0.2) is 5.82 Å². The van der Waals surface area contributed by atoms with Crippen LogP contribution in [-0.4, -0.2) is 63.2 Å². The van der Waals surface area contributed by atoms with Gasteiger partial charge in [-0.3, -0.25) is 14.6 Å². The topological polar surface area (TPSA) is 79.3 Å². The summed E-state index contributed by atoms with van der Waals surface area (Å²) in [6.07, 6.45) is 7.36. The van der Waals surface area contributed by atoms with Crippen LogP contribution in [0.15, 0.2) is 30.7 Å². The maximum atomic E-state index is 13.0. The summed E-state index contributed by atoms with van der Waals surface area (Å²) < 4.78 is 0. The molecule has 2 fully saturated rings. The molecule has 2 aromatic rings. The molecule has 2 aromatic heterocycles. The summed E-state index contributed by atoms with van der Waals surface area (Å²) >= 11 is 0. The van der Waals surface area contributed by atoms with Crippen LogP contribution in [0.5, 0.6) is 0 Å². The number of likely N-dealkylation sites (tertiary alicyclic amines) is 2. The molecule has 1 spiro atoms. The number of hydrogen-bond acceptors (Lipinski definition) is 5. The van der Waals surface area contributed by atoms with Crippen LogP contribution in [0.2, 0.25) is 0 Å². The fourth-order valence-corrected chi connectivity index (χ4v) is 4.10. The van der Waals surface area contributed by atoms with Crippen LogP contribution in [-0.2, 0) is 4.79 Å². The molecule has 2 aliphatic heterocycles. The van der Waals surface area contributed by atoms with E-state index in [9.17, 15) is 9.59 Å². The van der Waals surface area contributed by atoms with E-state index in [1.54, 1.807) is 18.6 Å². The first kappa shape index (κ1) is 17.6. The molecule has 2 saturated heterocycles. The van der Waals surface area contributed by atoms with Crippen LogP contribution < -0.4 is 0 Å². The van der Waals surface area contributed by atoms with Crippen LogP contribution in [0.25, 0.3) is 11.4 Å². The second kappa shape index (κ2) is 6.72. The number of aryl methyl sites for hydroxylation is 1. The van der Waals surface area contributed by atoms with Gasteiger partial charge < -0.3 is 9.80 Å². The second-order valence-corrected chi connectivity index (χ2v) is 7.65. The minimum Gasteiger partial charge on any atom is -0.345 e. The minimum absolute atomic E-state index is 0.0298. The minimum atomic E-state index is -0.0298. The highest BCUT2D eigenvalue weighted by molar-refractivity contribution is 5.95. The van der Waals surface area contributed by atoms with Gasteiger partial charge >= 0.3 is 0 Å². The van der Waals surface area contributed by atoms with Crippen LogP contribution in [0.3, 0.4) is 0 Å². The normalized spacial score (nSPS) is 19.0. The Morgan fingerprint density at radius 3 is 2.59 bits per heavy atom. The molecule has 0 atom stereocenters. The van der Waals surface area contributed by atoms with Gasteiger partial charge in [0.05, 0.1) is 11.3 Å². The Kier molecular flexibility index (Phi) is 4.37. The molecule has 4 rings (SSSR count). The zero-order chi connectivity index (χ0) is 19.0. The molecule has 0 N–H and O–H groups in total. The molecule has 27 heavy (non-hydrogen) atoms. The number of piperidine rings is 1. The summed E-state index contributed by atoms with van der Waals surface area (Å²) in [5.41, 5.74) is 2.08. The molecule has 7 heteroatoms. The molecule has 2 aliphatic rings. The SMILES string of the molecule is Cc1nc(-c2cccnc2)ncc1C(=O)N1CCC2(CC1)CC(=O)N(C)C2. The second-order valence-electron chi connectivity index (χ2n) is 7.65. The molecule has 4 heterocycles. The van der Waals surface area contributed by atoms with E-state index < -0.39 is 0 Å². The van der Waals surface area contributed by atoms with Gasteiger partial charge in [0.1, 0.15) is 0 Å². The highest BCUT2D eigenvalue weighted by Crippen LogP contribution is 2.40. The predicted octanol–water partition coefficient (Wildman–Crippen LogP) is 1.93. The molecule has 0 unspecified atom stereocenters. The third-order valence-corrected chi connectivity index (χ3v) is 5.77. The molecule has 7 nitrogen and oxygen atoms in total. The molecule has 0 aromatic carbocycles. The third kappa shape index (κ3) is 3.29. The van der Waals surface area contributed by atoms with Gasteiger partial charge in [0.25, 0.3) is 5.91 Å². The van der Waals surface area contributed by atoms with E-state index in [0.717, 1.165) is 24.9 Å². The zero-order valence-electron chi connectivity index (χ0n) is 15.7. The van der Waals surface area contributed by atoms with Crippen molar-refractivity contribution in [3.05, 3.63) is 42.0 Å². The van der Waals surface area contributed by atoms with Crippen molar-refractivity contribution in [1.29, 1.82) is 0 Å². The highest BCUT2D eigenvalue weighted by atomic mass is 16.2. The number of carbonyl (C=O) groups is 2. The van der Waals surface area contributed by atoms with E-state index in [0.29, 0.717) is 36.6 Å². The van der Waals surface area contributed by atoms with Crippen LogP contribution in [0.1, 0.15) is 35.3 Å². The zero-order valence-corrected chi connectivity index (χ0v) is 15.7. The molecule has 2 amide bonds. The first-order valence-corrected chi connectivity index (χ1v) is 9.25. The molecule has 0 aliphatic carbocycles. The first-order valence-electron chi connectivity index (χ1n) is 9.25. The summed E-state index contributed by atoms with van der Waals surface area (Å²) in [6, 6.07) is 3.73. The number of amides is 2. The van der Waals surface area contributed by atoms with E-state index in [4.69, 9.17) is 0 Å². The Morgan fingerprint density at radius 2 is 2.00 bits per heavy atom. The Morgan fingerprint density at radius 1 is 1.22 bits per heavy atom. The number of pyridine rings is 1. The molecular formula is C20H23N5O2. The molecule has 0 saturated carbocycles. The van der Waals surface area contributed by atoms with Gasteiger partial charge in [-0.15, -0.1) is 0 Å². The fraction of sp³-hybridized carbons (Fsp3) is 0.450. The Bertz CT molecular complexity index is 875. The monoisotopic (exact) mass is 365 g/mol. The fourth-order valence-electron chi connectivity index (χ4n) is 4.10. The van der Waals surface area contributed by atoms with Crippen molar-refractivity contribution in [1.82, 2.24) is 24.8 Å². The quantitative estimate of drug-likeness (QED) is 0.812. The van der Waals surface area contributed by atoms with Crippen molar-refractivity contribution in [3.8, 4) is 11.4 Å². The lowest BCUT2D eigenvalue weighted by Crippen LogP contribution is -2.44. The molecule has 0 bridgehead atoms. The Balaban J connectivity index is 1.47. The van der Waals surface area contributed by atoms with E-state index in [1.165, 1.54) is 0 Å². The number of nitrogens with zero attached hydrogens (tertiary/aromatic N) is 5.